The highest BCUT2D eigenvalue weighted by atomic mass is 32.2. The molecular formula is C19H25NO5S. The molecule has 7 heteroatoms. The summed E-state index contributed by atoms with van der Waals surface area (Å²) in [6.45, 7) is 6.82. The number of rotatable bonds is 6. The highest BCUT2D eigenvalue weighted by molar-refractivity contribution is 8.13. The maximum absolute atomic E-state index is 12.2. The Kier molecular flexibility index (Phi) is 6.49. The fourth-order valence-electron chi connectivity index (χ4n) is 2.66. The first-order valence-electron chi connectivity index (χ1n) is 8.37. The van der Waals surface area contributed by atoms with Crippen molar-refractivity contribution >= 4 is 33.7 Å². The summed E-state index contributed by atoms with van der Waals surface area (Å²) >= 11 is 0.962. The first-order chi connectivity index (χ1) is 12.1. The van der Waals surface area contributed by atoms with Gasteiger partial charge in [-0.25, -0.2) is 0 Å². The normalized spacial score (nSPS) is 14.2. The molecule has 0 aliphatic heterocycles. The smallest absolute Gasteiger partial charge is 0.326 e. The minimum Gasteiger partial charge on any atom is -0.459 e. The Morgan fingerprint density at radius 1 is 1.23 bits per heavy atom. The third-order valence-electron chi connectivity index (χ3n) is 3.68. The third kappa shape index (κ3) is 5.33. The van der Waals surface area contributed by atoms with Gasteiger partial charge in [0.15, 0.2) is 5.12 Å². The lowest BCUT2D eigenvalue weighted by molar-refractivity contribution is -0.155. The molecule has 2 atom stereocenters. The Hall–Kier alpha value is -1.83. The topological polar surface area (TPSA) is 88.8 Å². The molecule has 2 rings (SSSR count). The van der Waals surface area contributed by atoms with Gasteiger partial charge in [0.05, 0.1) is 6.10 Å². The van der Waals surface area contributed by atoms with E-state index in [1.165, 1.54) is 6.92 Å². The molecule has 0 bridgehead atoms. The van der Waals surface area contributed by atoms with Gasteiger partial charge in [0.1, 0.15) is 18.2 Å². The number of fused-ring (bicyclic) bond motifs is 1. The number of aliphatic hydroxyl groups is 2. The molecule has 0 aliphatic rings. The second-order valence-corrected chi connectivity index (χ2v) is 8.33. The number of nitrogens with zero attached hydrogens (tertiary/aromatic N) is 1. The van der Waals surface area contributed by atoms with E-state index < -0.39 is 17.8 Å². The van der Waals surface area contributed by atoms with Crippen molar-refractivity contribution in [3.63, 3.8) is 0 Å². The van der Waals surface area contributed by atoms with Crippen LogP contribution in [0.1, 0.15) is 39.4 Å². The standard InChI is InChI=1S/C19H25NO5S/c1-12(21)26-11-16(22)18(24)14-9-20(10-17(23)25-19(2,3)4)15-8-6-5-7-13(14)15/h5-9,16,18,22,24H,10-11H2,1-4H3. The summed E-state index contributed by atoms with van der Waals surface area (Å²) in [5, 5.41) is 21.4. The average molecular weight is 379 g/mol. The fraction of sp³-hybridized carbons (Fsp3) is 0.474. The predicted octanol–water partition coefficient (Wildman–Crippen LogP) is 2.66. The monoisotopic (exact) mass is 379 g/mol. The van der Waals surface area contributed by atoms with Gasteiger partial charge >= 0.3 is 5.97 Å². The molecule has 6 nitrogen and oxygen atoms in total. The molecule has 0 saturated carbocycles. The third-order valence-corrected chi connectivity index (χ3v) is 4.59. The summed E-state index contributed by atoms with van der Waals surface area (Å²) in [6, 6.07) is 7.33. The summed E-state index contributed by atoms with van der Waals surface area (Å²) in [6.07, 6.45) is -0.600. The molecule has 0 aliphatic carbocycles. The molecule has 2 aromatic rings. The quantitative estimate of drug-likeness (QED) is 0.750. The van der Waals surface area contributed by atoms with Crippen LogP contribution in [0.25, 0.3) is 10.9 Å². The molecule has 0 saturated heterocycles. The number of carbonyl (C=O) groups excluding carboxylic acids is 2. The van der Waals surface area contributed by atoms with E-state index >= 15 is 0 Å². The van der Waals surface area contributed by atoms with Crippen LogP contribution in [0.4, 0.5) is 0 Å². The van der Waals surface area contributed by atoms with Crippen molar-refractivity contribution in [2.24, 2.45) is 0 Å². The first kappa shape index (κ1) is 20.5. The SMILES string of the molecule is CC(=O)SCC(O)C(O)c1cn(CC(=O)OC(C)(C)C)c2ccccc12. The van der Waals surface area contributed by atoms with Gasteiger partial charge in [-0.15, -0.1) is 0 Å². The second kappa shape index (κ2) is 8.24. The largest absolute Gasteiger partial charge is 0.459 e. The molecule has 0 fully saturated rings. The molecule has 1 aromatic heterocycles. The lowest BCUT2D eigenvalue weighted by atomic mass is 10.0. The summed E-state index contributed by atoms with van der Waals surface area (Å²) in [4.78, 5) is 23.2. The van der Waals surface area contributed by atoms with Crippen LogP contribution in [0.2, 0.25) is 0 Å². The van der Waals surface area contributed by atoms with E-state index in [-0.39, 0.29) is 23.4 Å². The number of hydrogen-bond acceptors (Lipinski definition) is 6. The van der Waals surface area contributed by atoms with Crippen molar-refractivity contribution in [1.82, 2.24) is 4.57 Å². The van der Waals surface area contributed by atoms with Gasteiger partial charge in [0, 0.05) is 35.3 Å². The molecule has 1 heterocycles. The highest BCUT2D eigenvalue weighted by Gasteiger charge is 2.24. The Morgan fingerprint density at radius 3 is 2.50 bits per heavy atom. The van der Waals surface area contributed by atoms with Gasteiger partial charge in [-0.2, -0.15) is 0 Å². The maximum Gasteiger partial charge on any atom is 0.326 e. The van der Waals surface area contributed by atoms with E-state index in [1.54, 1.807) is 31.5 Å². The van der Waals surface area contributed by atoms with Gasteiger partial charge in [0.25, 0.3) is 0 Å². The van der Waals surface area contributed by atoms with Crippen LogP contribution in [0.15, 0.2) is 30.5 Å². The molecule has 26 heavy (non-hydrogen) atoms. The summed E-state index contributed by atoms with van der Waals surface area (Å²) in [7, 11) is 0. The highest BCUT2D eigenvalue weighted by Crippen LogP contribution is 2.29. The van der Waals surface area contributed by atoms with Gasteiger partial charge in [-0.1, -0.05) is 30.0 Å². The number of carbonyl (C=O) groups is 2. The second-order valence-electron chi connectivity index (χ2n) is 7.13. The maximum atomic E-state index is 12.2. The number of hydrogen-bond donors (Lipinski definition) is 2. The zero-order valence-electron chi connectivity index (χ0n) is 15.4. The van der Waals surface area contributed by atoms with Crippen LogP contribution >= 0.6 is 11.8 Å². The molecule has 2 unspecified atom stereocenters. The zero-order valence-corrected chi connectivity index (χ0v) is 16.2. The predicted molar refractivity (Wildman–Crippen MR) is 102 cm³/mol. The van der Waals surface area contributed by atoms with Crippen molar-refractivity contribution in [3.8, 4) is 0 Å². The van der Waals surface area contributed by atoms with E-state index in [4.69, 9.17) is 4.74 Å². The Morgan fingerprint density at radius 2 is 1.88 bits per heavy atom. The zero-order chi connectivity index (χ0) is 19.5. The van der Waals surface area contributed by atoms with Crippen LogP contribution in [0.5, 0.6) is 0 Å². The van der Waals surface area contributed by atoms with E-state index in [2.05, 4.69) is 0 Å². The fourth-order valence-corrected chi connectivity index (χ4v) is 3.24. The summed E-state index contributed by atoms with van der Waals surface area (Å²) in [5.41, 5.74) is 0.697. The average Bonchev–Trinajstić information content (AvgIpc) is 2.88. The molecule has 142 valence electrons. The number of para-hydroxylation sites is 1. The van der Waals surface area contributed by atoms with Crippen LogP contribution in [0, 0.1) is 0 Å². The van der Waals surface area contributed by atoms with Crippen molar-refractivity contribution in [2.75, 3.05) is 5.75 Å². The first-order valence-corrected chi connectivity index (χ1v) is 9.36. The number of aromatic nitrogens is 1. The number of benzene rings is 1. The van der Waals surface area contributed by atoms with Crippen LogP contribution in [-0.4, -0.2) is 43.3 Å². The summed E-state index contributed by atoms with van der Waals surface area (Å²) in [5.74, 6) is -0.283. The number of aliphatic hydroxyl groups excluding tert-OH is 2. The Labute approximate surface area is 157 Å². The molecule has 0 radical (unpaired) electrons. The summed E-state index contributed by atoms with van der Waals surface area (Å²) < 4.78 is 7.06. The van der Waals surface area contributed by atoms with Crippen molar-refractivity contribution in [2.45, 2.75) is 52.0 Å². The van der Waals surface area contributed by atoms with Gasteiger partial charge in [-0.3, -0.25) is 9.59 Å². The van der Waals surface area contributed by atoms with E-state index in [0.717, 1.165) is 22.7 Å². The van der Waals surface area contributed by atoms with Gasteiger partial charge < -0.3 is 19.5 Å². The lowest BCUT2D eigenvalue weighted by Gasteiger charge is -2.19. The van der Waals surface area contributed by atoms with E-state index in [9.17, 15) is 19.8 Å². The Bertz CT molecular complexity index is 793. The molecule has 0 spiro atoms. The lowest BCUT2D eigenvalue weighted by Crippen LogP contribution is -2.26. The Balaban J connectivity index is 2.28. The minimum absolute atomic E-state index is 0.00277. The van der Waals surface area contributed by atoms with Crippen molar-refractivity contribution < 1.29 is 24.5 Å². The number of ether oxygens (including phenoxy) is 1. The number of thioether (sulfide) groups is 1. The van der Waals surface area contributed by atoms with Gasteiger partial charge in [0.2, 0.25) is 0 Å². The van der Waals surface area contributed by atoms with Crippen LogP contribution in [0.3, 0.4) is 0 Å². The minimum atomic E-state index is -1.16. The molecule has 2 N–H and O–H groups in total. The molecular weight excluding hydrogens is 354 g/mol. The van der Waals surface area contributed by atoms with Crippen molar-refractivity contribution in [3.05, 3.63) is 36.0 Å². The van der Waals surface area contributed by atoms with Crippen LogP contribution < -0.4 is 0 Å². The van der Waals surface area contributed by atoms with Crippen molar-refractivity contribution in [1.29, 1.82) is 0 Å². The van der Waals surface area contributed by atoms with Crippen LogP contribution in [-0.2, 0) is 20.9 Å². The van der Waals surface area contributed by atoms with Gasteiger partial charge in [-0.05, 0) is 26.8 Å². The van der Waals surface area contributed by atoms with E-state index in [1.807, 2.05) is 24.3 Å². The molecule has 1 aromatic carbocycles. The van der Waals surface area contributed by atoms with E-state index in [0.29, 0.717) is 5.56 Å². The number of esters is 1. The molecule has 0 amide bonds.